The van der Waals surface area contributed by atoms with Gasteiger partial charge < -0.3 is 18.6 Å². The Morgan fingerprint density at radius 2 is 1.07 bits per heavy atom. The largest absolute Gasteiger partial charge is 0.494 e. The third-order valence-corrected chi connectivity index (χ3v) is 6.98. The molecule has 154 valence electrons. The maximum atomic E-state index is 6.45. The summed E-state index contributed by atoms with van der Waals surface area (Å²) in [4.78, 5) is 0. The van der Waals surface area contributed by atoms with Crippen LogP contribution in [0.3, 0.4) is 0 Å². The predicted molar refractivity (Wildman–Crippen MR) is 116 cm³/mol. The lowest BCUT2D eigenvalue weighted by molar-refractivity contribution is -0.0189. The molecule has 0 spiro atoms. The first kappa shape index (κ1) is 21.9. The van der Waals surface area contributed by atoms with Gasteiger partial charge in [-0.2, -0.15) is 0 Å². The third-order valence-electron chi connectivity index (χ3n) is 6.98. The minimum atomic E-state index is -0.350. The van der Waals surface area contributed by atoms with Crippen molar-refractivity contribution in [3.8, 4) is 0 Å². The molecule has 0 radical (unpaired) electrons. The number of rotatable bonds is 5. The minimum absolute atomic E-state index is 0.299. The van der Waals surface area contributed by atoms with E-state index in [1.54, 1.807) is 0 Å². The average molecular weight is 386 g/mol. The fourth-order valence-electron chi connectivity index (χ4n) is 3.64. The van der Waals surface area contributed by atoms with Crippen LogP contribution in [-0.2, 0) is 18.6 Å². The highest BCUT2D eigenvalue weighted by Gasteiger charge is 2.54. The van der Waals surface area contributed by atoms with Crippen molar-refractivity contribution in [1.82, 2.24) is 0 Å². The lowest BCUT2D eigenvalue weighted by atomic mass is 9.74. The van der Waals surface area contributed by atoms with Gasteiger partial charge in [0.2, 0.25) is 0 Å². The monoisotopic (exact) mass is 386 g/mol. The van der Waals surface area contributed by atoms with Gasteiger partial charge >= 0.3 is 14.2 Å². The van der Waals surface area contributed by atoms with Crippen molar-refractivity contribution in [2.45, 2.75) is 97.6 Å². The average Bonchev–Trinajstić information content (AvgIpc) is 2.95. The SMILES string of the molecule is CC(C)CCC1(C)OB(c2ccc(B3OC(C)(C)C(C)(C)O3)cc2)OC1(C)C. The second-order valence-corrected chi connectivity index (χ2v) is 10.5. The first-order chi connectivity index (χ1) is 12.8. The lowest BCUT2D eigenvalue weighted by Crippen LogP contribution is -2.44. The Hall–Kier alpha value is -0.810. The smallest absolute Gasteiger partial charge is 0.399 e. The van der Waals surface area contributed by atoms with E-state index < -0.39 is 0 Å². The van der Waals surface area contributed by atoms with Crippen molar-refractivity contribution in [3.63, 3.8) is 0 Å². The van der Waals surface area contributed by atoms with E-state index in [9.17, 15) is 0 Å². The molecule has 0 saturated carbocycles. The molecule has 2 heterocycles. The van der Waals surface area contributed by atoms with Gasteiger partial charge in [0.25, 0.3) is 0 Å². The standard InChI is InChI=1S/C22H36B2O4/c1-16(2)14-15-22(9)21(7,8)27-24(28-22)18-12-10-17(11-13-18)23-25-19(3,4)20(5,6)26-23/h10-13,16H,14-15H2,1-9H3. The zero-order valence-electron chi connectivity index (χ0n) is 19.1. The Labute approximate surface area is 171 Å². The molecule has 0 aliphatic carbocycles. The van der Waals surface area contributed by atoms with Gasteiger partial charge in [-0.25, -0.2) is 0 Å². The molecule has 1 unspecified atom stereocenters. The molecule has 1 atom stereocenters. The van der Waals surface area contributed by atoms with Crippen LogP contribution in [0.4, 0.5) is 0 Å². The Bertz CT molecular complexity index is 683. The van der Waals surface area contributed by atoms with Gasteiger partial charge in [0.05, 0.1) is 22.4 Å². The summed E-state index contributed by atoms with van der Waals surface area (Å²) in [7, 11) is -0.697. The van der Waals surface area contributed by atoms with Gasteiger partial charge in [-0.15, -0.1) is 0 Å². The normalized spacial score (nSPS) is 28.4. The molecule has 3 rings (SSSR count). The number of hydrogen-bond donors (Lipinski definition) is 0. The van der Waals surface area contributed by atoms with E-state index >= 15 is 0 Å². The van der Waals surface area contributed by atoms with Crippen molar-refractivity contribution in [1.29, 1.82) is 0 Å². The van der Waals surface area contributed by atoms with Crippen LogP contribution in [0.5, 0.6) is 0 Å². The Morgan fingerprint density at radius 1 is 0.679 bits per heavy atom. The fraction of sp³-hybridized carbons (Fsp3) is 0.727. The highest BCUT2D eigenvalue weighted by atomic mass is 16.7. The van der Waals surface area contributed by atoms with Crippen LogP contribution in [0.25, 0.3) is 0 Å². The molecule has 2 aliphatic heterocycles. The van der Waals surface area contributed by atoms with E-state index in [1.165, 1.54) is 0 Å². The van der Waals surface area contributed by atoms with Crippen molar-refractivity contribution in [2.75, 3.05) is 0 Å². The van der Waals surface area contributed by atoms with Gasteiger partial charge in [-0.1, -0.05) is 38.1 Å². The van der Waals surface area contributed by atoms with Crippen molar-refractivity contribution in [2.24, 2.45) is 5.92 Å². The maximum Gasteiger partial charge on any atom is 0.494 e. The van der Waals surface area contributed by atoms with E-state index in [2.05, 4.69) is 86.6 Å². The molecule has 2 saturated heterocycles. The lowest BCUT2D eigenvalue weighted by Gasteiger charge is -2.37. The molecule has 4 nitrogen and oxygen atoms in total. The van der Waals surface area contributed by atoms with E-state index in [4.69, 9.17) is 18.6 Å². The van der Waals surface area contributed by atoms with Crippen molar-refractivity contribution >= 4 is 25.2 Å². The van der Waals surface area contributed by atoms with Crippen LogP contribution in [0.1, 0.15) is 75.2 Å². The van der Waals surface area contributed by atoms with Gasteiger partial charge in [-0.3, -0.25) is 0 Å². The summed E-state index contributed by atoms with van der Waals surface area (Å²) in [6, 6.07) is 8.24. The number of benzene rings is 1. The van der Waals surface area contributed by atoms with Crippen LogP contribution in [0, 0.1) is 5.92 Å². The quantitative estimate of drug-likeness (QED) is 0.724. The third kappa shape index (κ3) is 3.94. The van der Waals surface area contributed by atoms with Gasteiger partial charge in [0.15, 0.2) is 0 Å². The molecule has 6 heteroatoms. The zero-order chi connectivity index (χ0) is 21.0. The second-order valence-electron chi connectivity index (χ2n) is 10.5. The summed E-state index contributed by atoms with van der Waals surface area (Å²) < 4.78 is 25.1. The summed E-state index contributed by atoms with van der Waals surface area (Å²) >= 11 is 0. The molecule has 2 fully saturated rings. The van der Waals surface area contributed by atoms with Crippen LogP contribution >= 0.6 is 0 Å². The maximum absolute atomic E-state index is 6.45. The van der Waals surface area contributed by atoms with Crippen molar-refractivity contribution in [3.05, 3.63) is 24.3 Å². The van der Waals surface area contributed by atoms with Crippen LogP contribution in [-0.4, -0.2) is 36.6 Å². The molecule has 0 bridgehead atoms. The fourth-order valence-corrected chi connectivity index (χ4v) is 3.64. The summed E-state index contributed by atoms with van der Waals surface area (Å²) in [5.41, 5.74) is 0.736. The summed E-state index contributed by atoms with van der Waals surface area (Å²) in [6.07, 6.45) is 2.11. The van der Waals surface area contributed by atoms with E-state index in [0.717, 1.165) is 23.8 Å². The van der Waals surface area contributed by atoms with Crippen LogP contribution in [0.15, 0.2) is 24.3 Å². The van der Waals surface area contributed by atoms with E-state index in [-0.39, 0.29) is 36.6 Å². The molecule has 1 aromatic rings. The predicted octanol–water partition coefficient (Wildman–Crippen LogP) is 3.70. The molecule has 2 aliphatic rings. The molecule has 28 heavy (non-hydrogen) atoms. The molecule has 0 N–H and O–H groups in total. The Balaban J connectivity index is 1.73. The molecule has 0 amide bonds. The van der Waals surface area contributed by atoms with Gasteiger partial charge in [0.1, 0.15) is 0 Å². The topological polar surface area (TPSA) is 36.9 Å². The minimum Gasteiger partial charge on any atom is -0.399 e. The van der Waals surface area contributed by atoms with Crippen molar-refractivity contribution < 1.29 is 18.6 Å². The van der Waals surface area contributed by atoms with Gasteiger partial charge in [0, 0.05) is 0 Å². The molecule has 1 aromatic carbocycles. The van der Waals surface area contributed by atoms with Crippen LogP contribution in [0.2, 0.25) is 0 Å². The Kier molecular flexibility index (Phi) is 5.59. The highest BCUT2D eigenvalue weighted by Crippen LogP contribution is 2.41. The first-order valence-electron chi connectivity index (χ1n) is 10.6. The highest BCUT2D eigenvalue weighted by molar-refractivity contribution is 6.64. The zero-order valence-corrected chi connectivity index (χ0v) is 19.1. The van der Waals surface area contributed by atoms with Crippen LogP contribution < -0.4 is 10.9 Å². The second kappa shape index (κ2) is 7.16. The molecular weight excluding hydrogens is 350 g/mol. The molecular formula is C22H36B2O4. The summed E-state index contributed by atoms with van der Waals surface area (Å²) in [5.74, 6) is 0.648. The Morgan fingerprint density at radius 3 is 1.50 bits per heavy atom. The summed E-state index contributed by atoms with van der Waals surface area (Å²) in [5, 5.41) is 0. The summed E-state index contributed by atoms with van der Waals surface area (Å²) in [6.45, 7) is 19.2. The molecule has 0 aromatic heterocycles. The number of hydrogen-bond acceptors (Lipinski definition) is 4. The van der Waals surface area contributed by atoms with Gasteiger partial charge in [-0.05, 0) is 78.2 Å². The van der Waals surface area contributed by atoms with E-state index in [0.29, 0.717) is 5.92 Å². The van der Waals surface area contributed by atoms with E-state index in [1.807, 2.05) is 0 Å². The first-order valence-corrected chi connectivity index (χ1v) is 10.6.